The lowest BCUT2D eigenvalue weighted by molar-refractivity contribution is 0.166. The summed E-state index contributed by atoms with van der Waals surface area (Å²) >= 11 is 0. The maximum absolute atomic E-state index is 4.40. The standard InChI is InChI=1S/C17H23N3/c1-2-20(16-7-5-9-18-12-16)13-15-11-19-10-14-6-3-4-8-17(14)15/h3-4,6,8,10-11,16,18H,2,5,7,9,12-13H2,1H3. The highest BCUT2D eigenvalue weighted by atomic mass is 15.2. The van der Waals surface area contributed by atoms with Gasteiger partial charge in [0, 0.05) is 36.9 Å². The van der Waals surface area contributed by atoms with Gasteiger partial charge in [-0.25, -0.2) is 0 Å². The summed E-state index contributed by atoms with van der Waals surface area (Å²) in [5.74, 6) is 0. The zero-order valence-corrected chi connectivity index (χ0v) is 12.2. The van der Waals surface area contributed by atoms with Crippen molar-refractivity contribution in [1.82, 2.24) is 15.2 Å². The molecule has 1 aliphatic rings. The Balaban J connectivity index is 1.83. The predicted octanol–water partition coefficient (Wildman–Crippen LogP) is 2.81. The molecule has 2 heterocycles. The fourth-order valence-corrected chi connectivity index (χ4v) is 3.17. The number of nitrogens with zero attached hydrogens (tertiary/aromatic N) is 2. The van der Waals surface area contributed by atoms with Gasteiger partial charge in [0.15, 0.2) is 0 Å². The Kier molecular flexibility index (Phi) is 4.28. The molecule has 1 atom stereocenters. The molecule has 1 aliphatic heterocycles. The second kappa shape index (κ2) is 6.33. The van der Waals surface area contributed by atoms with Crippen molar-refractivity contribution in [2.45, 2.75) is 32.4 Å². The summed E-state index contributed by atoms with van der Waals surface area (Å²) in [5.41, 5.74) is 1.34. The summed E-state index contributed by atoms with van der Waals surface area (Å²) in [6.07, 6.45) is 6.58. The lowest BCUT2D eigenvalue weighted by Gasteiger charge is -2.34. The molecule has 0 aliphatic carbocycles. The van der Waals surface area contributed by atoms with Crippen molar-refractivity contribution in [1.29, 1.82) is 0 Å². The number of hydrogen-bond acceptors (Lipinski definition) is 3. The van der Waals surface area contributed by atoms with Gasteiger partial charge in [0.25, 0.3) is 0 Å². The molecule has 0 bridgehead atoms. The number of benzene rings is 1. The third-order valence-electron chi connectivity index (χ3n) is 4.32. The van der Waals surface area contributed by atoms with Gasteiger partial charge in [-0.05, 0) is 36.9 Å². The Morgan fingerprint density at radius 2 is 2.20 bits per heavy atom. The van der Waals surface area contributed by atoms with E-state index in [4.69, 9.17) is 0 Å². The van der Waals surface area contributed by atoms with E-state index in [-0.39, 0.29) is 0 Å². The molecule has 1 aromatic heterocycles. The van der Waals surface area contributed by atoms with Gasteiger partial charge in [-0.1, -0.05) is 31.2 Å². The molecule has 1 unspecified atom stereocenters. The lowest BCUT2D eigenvalue weighted by atomic mass is 10.0. The van der Waals surface area contributed by atoms with Crippen LogP contribution in [0.2, 0.25) is 0 Å². The fourth-order valence-electron chi connectivity index (χ4n) is 3.17. The van der Waals surface area contributed by atoms with Gasteiger partial charge in [0.2, 0.25) is 0 Å². The number of pyridine rings is 1. The van der Waals surface area contributed by atoms with Gasteiger partial charge >= 0.3 is 0 Å². The van der Waals surface area contributed by atoms with Crippen molar-refractivity contribution >= 4 is 10.8 Å². The first-order chi connectivity index (χ1) is 9.88. The van der Waals surface area contributed by atoms with Gasteiger partial charge in [0.1, 0.15) is 0 Å². The summed E-state index contributed by atoms with van der Waals surface area (Å²) in [4.78, 5) is 6.98. The summed E-state index contributed by atoms with van der Waals surface area (Å²) in [7, 11) is 0. The Bertz CT molecular complexity index is 556. The average Bonchev–Trinajstić information content (AvgIpc) is 2.53. The van der Waals surface area contributed by atoms with E-state index in [2.05, 4.69) is 46.4 Å². The molecule has 3 heteroatoms. The van der Waals surface area contributed by atoms with Crippen molar-refractivity contribution < 1.29 is 0 Å². The van der Waals surface area contributed by atoms with Gasteiger partial charge in [0.05, 0.1) is 0 Å². The van der Waals surface area contributed by atoms with Crippen LogP contribution >= 0.6 is 0 Å². The van der Waals surface area contributed by atoms with E-state index >= 15 is 0 Å². The smallest absolute Gasteiger partial charge is 0.0346 e. The van der Waals surface area contributed by atoms with Gasteiger partial charge < -0.3 is 5.32 Å². The minimum Gasteiger partial charge on any atom is -0.315 e. The van der Waals surface area contributed by atoms with Crippen molar-refractivity contribution in [3.8, 4) is 0 Å². The maximum Gasteiger partial charge on any atom is 0.0346 e. The number of nitrogens with one attached hydrogen (secondary N) is 1. The first-order valence-electron chi connectivity index (χ1n) is 7.65. The van der Waals surface area contributed by atoms with E-state index in [1.165, 1.54) is 35.7 Å². The number of likely N-dealkylation sites (N-methyl/N-ethyl adjacent to an activating group) is 1. The van der Waals surface area contributed by atoms with Crippen LogP contribution in [0.5, 0.6) is 0 Å². The molecular weight excluding hydrogens is 246 g/mol. The Morgan fingerprint density at radius 3 is 3.00 bits per heavy atom. The zero-order valence-electron chi connectivity index (χ0n) is 12.2. The molecule has 0 amide bonds. The first-order valence-corrected chi connectivity index (χ1v) is 7.65. The molecule has 0 radical (unpaired) electrons. The molecule has 0 spiro atoms. The highest BCUT2D eigenvalue weighted by Gasteiger charge is 2.20. The summed E-state index contributed by atoms with van der Waals surface area (Å²) in [6.45, 7) is 6.63. The molecule has 2 aromatic rings. The number of hydrogen-bond donors (Lipinski definition) is 1. The van der Waals surface area contributed by atoms with Crippen molar-refractivity contribution in [3.63, 3.8) is 0 Å². The number of fused-ring (bicyclic) bond motifs is 1. The van der Waals surface area contributed by atoms with Crippen LogP contribution in [0, 0.1) is 0 Å². The molecule has 1 fully saturated rings. The third kappa shape index (κ3) is 2.84. The Labute approximate surface area is 121 Å². The van der Waals surface area contributed by atoms with Crippen molar-refractivity contribution in [3.05, 3.63) is 42.2 Å². The van der Waals surface area contributed by atoms with Crippen LogP contribution in [0.25, 0.3) is 10.8 Å². The van der Waals surface area contributed by atoms with E-state index in [0.29, 0.717) is 6.04 Å². The third-order valence-corrected chi connectivity index (χ3v) is 4.32. The van der Waals surface area contributed by atoms with Gasteiger partial charge in [-0.3, -0.25) is 9.88 Å². The molecule has 0 saturated carbocycles. The van der Waals surface area contributed by atoms with Gasteiger partial charge in [-0.15, -0.1) is 0 Å². The second-order valence-corrected chi connectivity index (χ2v) is 5.58. The number of aromatic nitrogens is 1. The zero-order chi connectivity index (χ0) is 13.8. The highest BCUT2D eigenvalue weighted by Crippen LogP contribution is 2.20. The largest absolute Gasteiger partial charge is 0.315 e. The second-order valence-electron chi connectivity index (χ2n) is 5.58. The van der Waals surface area contributed by atoms with Crippen LogP contribution in [-0.4, -0.2) is 35.6 Å². The van der Waals surface area contributed by atoms with Crippen LogP contribution in [0.4, 0.5) is 0 Å². The van der Waals surface area contributed by atoms with Crippen LogP contribution in [0.15, 0.2) is 36.7 Å². The van der Waals surface area contributed by atoms with Crippen LogP contribution in [0.3, 0.4) is 0 Å². The summed E-state index contributed by atoms with van der Waals surface area (Å²) in [5, 5.41) is 6.09. The van der Waals surface area contributed by atoms with Gasteiger partial charge in [-0.2, -0.15) is 0 Å². The minimum absolute atomic E-state index is 0.660. The topological polar surface area (TPSA) is 28.2 Å². The van der Waals surface area contributed by atoms with Crippen LogP contribution in [-0.2, 0) is 6.54 Å². The molecule has 106 valence electrons. The summed E-state index contributed by atoms with van der Waals surface area (Å²) in [6, 6.07) is 9.21. The van der Waals surface area contributed by atoms with Crippen LogP contribution < -0.4 is 5.32 Å². The quantitative estimate of drug-likeness (QED) is 0.925. The molecular formula is C17H23N3. The lowest BCUT2D eigenvalue weighted by Crippen LogP contribution is -2.45. The first kappa shape index (κ1) is 13.5. The maximum atomic E-state index is 4.40. The van der Waals surface area contributed by atoms with E-state index in [1.807, 2.05) is 12.4 Å². The summed E-state index contributed by atoms with van der Waals surface area (Å²) < 4.78 is 0. The van der Waals surface area contributed by atoms with Crippen molar-refractivity contribution in [2.24, 2.45) is 0 Å². The monoisotopic (exact) mass is 269 g/mol. The molecule has 3 rings (SSSR count). The minimum atomic E-state index is 0.660. The van der Waals surface area contributed by atoms with Crippen molar-refractivity contribution in [2.75, 3.05) is 19.6 Å². The van der Waals surface area contributed by atoms with E-state index in [0.717, 1.165) is 19.6 Å². The van der Waals surface area contributed by atoms with E-state index in [9.17, 15) is 0 Å². The highest BCUT2D eigenvalue weighted by molar-refractivity contribution is 5.84. The van der Waals surface area contributed by atoms with Crippen LogP contribution in [0.1, 0.15) is 25.3 Å². The molecule has 1 aromatic carbocycles. The number of rotatable bonds is 4. The molecule has 1 saturated heterocycles. The fraction of sp³-hybridized carbons (Fsp3) is 0.471. The molecule has 1 N–H and O–H groups in total. The van der Waals surface area contributed by atoms with E-state index in [1.54, 1.807) is 0 Å². The SMILES string of the molecule is CCN(Cc1cncc2ccccc12)C1CCCNC1. The molecule has 3 nitrogen and oxygen atoms in total. The van der Waals surface area contributed by atoms with E-state index < -0.39 is 0 Å². The Hall–Kier alpha value is -1.45. The predicted molar refractivity (Wildman–Crippen MR) is 83.7 cm³/mol. The normalized spacial score (nSPS) is 19.6. The average molecular weight is 269 g/mol. The molecule has 20 heavy (non-hydrogen) atoms. The Morgan fingerprint density at radius 1 is 1.30 bits per heavy atom. The number of piperidine rings is 1.